The first-order valence-electron chi connectivity index (χ1n) is 5.66. The molecule has 0 spiro atoms. The van der Waals surface area contributed by atoms with E-state index in [1.54, 1.807) is 0 Å². The van der Waals surface area contributed by atoms with Crippen molar-refractivity contribution in [2.24, 2.45) is 0 Å². The lowest BCUT2D eigenvalue weighted by molar-refractivity contribution is 0.266. The second-order valence-corrected chi connectivity index (χ2v) is 4.52. The molecule has 1 heterocycles. The van der Waals surface area contributed by atoms with Crippen LogP contribution in [0.25, 0.3) is 0 Å². The topological polar surface area (TPSA) is 23.5 Å². The molecule has 1 fully saturated rings. The normalized spacial score (nSPS) is 21.0. The van der Waals surface area contributed by atoms with Crippen molar-refractivity contribution < 1.29 is 5.11 Å². The molecule has 0 amide bonds. The maximum atomic E-state index is 9.29. The van der Waals surface area contributed by atoms with E-state index >= 15 is 0 Å². The summed E-state index contributed by atoms with van der Waals surface area (Å²) < 4.78 is 0. The molecule has 1 aliphatic rings. The third-order valence-electron chi connectivity index (χ3n) is 3.13. The molecule has 15 heavy (non-hydrogen) atoms. The van der Waals surface area contributed by atoms with Gasteiger partial charge in [-0.25, -0.2) is 0 Å². The minimum absolute atomic E-state index is 0.271. The molecule has 82 valence electrons. The number of rotatable bonds is 2. The fourth-order valence-electron chi connectivity index (χ4n) is 2.48. The highest BCUT2D eigenvalue weighted by atomic mass is 16.3. The molecular formula is C13H19NO. The molecule has 0 aromatic heterocycles. The molecule has 1 saturated heterocycles. The summed E-state index contributed by atoms with van der Waals surface area (Å²) in [5.74, 6) is 0. The number of aliphatic hydroxyl groups excluding tert-OH is 1. The van der Waals surface area contributed by atoms with Gasteiger partial charge in [0.1, 0.15) is 0 Å². The Morgan fingerprint density at radius 2 is 1.93 bits per heavy atom. The van der Waals surface area contributed by atoms with Crippen LogP contribution in [0.15, 0.2) is 18.2 Å². The summed E-state index contributed by atoms with van der Waals surface area (Å²) in [4.78, 5) is 2.33. The van der Waals surface area contributed by atoms with Gasteiger partial charge >= 0.3 is 0 Å². The Labute approximate surface area is 91.5 Å². The minimum atomic E-state index is 0.271. The number of hydrogen-bond acceptors (Lipinski definition) is 2. The first kappa shape index (κ1) is 10.5. The molecule has 0 radical (unpaired) electrons. The number of benzene rings is 1. The monoisotopic (exact) mass is 205 g/mol. The maximum Gasteiger partial charge on any atom is 0.0635 e. The zero-order valence-electron chi connectivity index (χ0n) is 9.53. The van der Waals surface area contributed by atoms with Crippen molar-refractivity contribution in [1.29, 1.82) is 0 Å². The number of anilines is 1. The number of nitrogens with zero attached hydrogens (tertiary/aromatic N) is 1. The van der Waals surface area contributed by atoms with Crippen molar-refractivity contribution in [3.63, 3.8) is 0 Å². The Balaban J connectivity index is 2.28. The van der Waals surface area contributed by atoms with Gasteiger partial charge in [0.25, 0.3) is 0 Å². The molecule has 2 nitrogen and oxygen atoms in total. The highest BCUT2D eigenvalue weighted by Crippen LogP contribution is 2.26. The molecule has 1 aromatic carbocycles. The van der Waals surface area contributed by atoms with Crippen molar-refractivity contribution in [3.05, 3.63) is 29.3 Å². The van der Waals surface area contributed by atoms with Crippen LogP contribution in [0.3, 0.4) is 0 Å². The Hall–Kier alpha value is -1.02. The summed E-state index contributed by atoms with van der Waals surface area (Å²) in [6, 6.07) is 6.93. The van der Waals surface area contributed by atoms with E-state index < -0.39 is 0 Å². The standard InChI is InChI=1S/C13H19NO/c1-10-6-11(2)8-13(7-10)14-5-3-4-12(14)9-15/h6-8,12,15H,3-5,9H2,1-2H3. The van der Waals surface area contributed by atoms with E-state index in [1.165, 1.54) is 23.2 Å². The van der Waals surface area contributed by atoms with E-state index in [4.69, 9.17) is 0 Å². The average molecular weight is 205 g/mol. The van der Waals surface area contributed by atoms with Gasteiger partial charge in [-0.3, -0.25) is 0 Å². The molecule has 0 bridgehead atoms. The van der Waals surface area contributed by atoms with E-state index in [0.717, 1.165) is 13.0 Å². The second kappa shape index (κ2) is 4.23. The number of aliphatic hydroxyl groups is 1. The van der Waals surface area contributed by atoms with Gasteiger partial charge in [0.05, 0.1) is 12.6 Å². The lowest BCUT2D eigenvalue weighted by atomic mass is 10.1. The van der Waals surface area contributed by atoms with Crippen molar-refractivity contribution in [2.75, 3.05) is 18.1 Å². The largest absolute Gasteiger partial charge is 0.394 e. The van der Waals surface area contributed by atoms with Gasteiger partial charge in [-0.05, 0) is 49.9 Å². The van der Waals surface area contributed by atoms with Crippen LogP contribution in [0.1, 0.15) is 24.0 Å². The van der Waals surface area contributed by atoms with Gasteiger partial charge in [0.2, 0.25) is 0 Å². The van der Waals surface area contributed by atoms with Crippen LogP contribution >= 0.6 is 0 Å². The van der Waals surface area contributed by atoms with Gasteiger partial charge in [0.15, 0.2) is 0 Å². The zero-order valence-corrected chi connectivity index (χ0v) is 9.53. The Morgan fingerprint density at radius 3 is 2.53 bits per heavy atom. The lowest BCUT2D eigenvalue weighted by Crippen LogP contribution is -2.32. The van der Waals surface area contributed by atoms with Crippen LogP contribution in [-0.4, -0.2) is 24.3 Å². The summed E-state index contributed by atoms with van der Waals surface area (Å²) >= 11 is 0. The predicted molar refractivity (Wildman–Crippen MR) is 63.4 cm³/mol. The van der Waals surface area contributed by atoms with E-state index in [-0.39, 0.29) is 6.61 Å². The lowest BCUT2D eigenvalue weighted by Gasteiger charge is -2.26. The first-order chi connectivity index (χ1) is 7.20. The summed E-state index contributed by atoms with van der Waals surface area (Å²) in [5, 5.41) is 9.29. The zero-order chi connectivity index (χ0) is 10.8. The predicted octanol–water partition coefficient (Wildman–Crippen LogP) is 2.26. The number of hydrogen-bond donors (Lipinski definition) is 1. The minimum Gasteiger partial charge on any atom is -0.394 e. The number of aryl methyl sites for hydroxylation is 2. The maximum absolute atomic E-state index is 9.29. The summed E-state index contributed by atoms with van der Waals surface area (Å²) in [5.41, 5.74) is 3.87. The van der Waals surface area contributed by atoms with E-state index in [1.807, 2.05) is 0 Å². The summed E-state index contributed by atoms with van der Waals surface area (Å²) in [6.45, 7) is 5.60. The van der Waals surface area contributed by atoms with Crippen LogP contribution < -0.4 is 4.90 Å². The quantitative estimate of drug-likeness (QED) is 0.800. The highest BCUT2D eigenvalue weighted by Gasteiger charge is 2.23. The van der Waals surface area contributed by atoms with Gasteiger partial charge in [-0.15, -0.1) is 0 Å². The first-order valence-corrected chi connectivity index (χ1v) is 5.66. The van der Waals surface area contributed by atoms with E-state index in [2.05, 4.69) is 36.9 Å². The smallest absolute Gasteiger partial charge is 0.0635 e. The molecule has 1 N–H and O–H groups in total. The average Bonchev–Trinajstić information content (AvgIpc) is 2.63. The summed E-state index contributed by atoms with van der Waals surface area (Å²) in [6.07, 6.45) is 2.31. The molecule has 2 heteroatoms. The molecular weight excluding hydrogens is 186 g/mol. The SMILES string of the molecule is Cc1cc(C)cc(N2CCCC2CO)c1. The van der Waals surface area contributed by atoms with Crippen molar-refractivity contribution in [3.8, 4) is 0 Å². The van der Waals surface area contributed by atoms with Gasteiger partial charge in [-0.2, -0.15) is 0 Å². The third-order valence-corrected chi connectivity index (χ3v) is 3.13. The molecule has 2 rings (SSSR count). The van der Waals surface area contributed by atoms with Crippen LogP contribution in [0.2, 0.25) is 0 Å². The van der Waals surface area contributed by atoms with Crippen LogP contribution in [0, 0.1) is 13.8 Å². The molecule has 1 aliphatic heterocycles. The van der Waals surface area contributed by atoms with Crippen molar-refractivity contribution in [2.45, 2.75) is 32.7 Å². The fourth-order valence-corrected chi connectivity index (χ4v) is 2.48. The van der Waals surface area contributed by atoms with E-state index in [9.17, 15) is 5.11 Å². The van der Waals surface area contributed by atoms with E-state index in [0.29, 0.717) is 6.04 Å². The van der Waals surface area contributed by atoms with Crippen LogP contribution in [-0.2, 0) is 0 Å². The Bertz CT molecular complexity index is 328. The molecule has 0 saturated carbocycles. The molecule has 0 aliphatic carbocycles. The molecule has 1 unspecified atom stereocenters. The fraction of sp³-hybridized carbons (Fsp3) is 0.538. The van der Waals surface area contributed by atoms with Gasteiger partial charge in [-0.1, -0.05) is 6.07 Å². The third kappa shape index (κ3) is 2.15. The molecule has 1 atom stereocenters. The molecule has 1 aromatic rings. The second-order valence-electron chi connectivity index (χ2n) is 4.52. The van der Waals surface area contributed by atoms with Crippen molar-refractivity contribution in [1.82, 2.24) is 0 Å². The van der Waals surface area contributed by atoms with Crippen LogP contribution in [0.4, 0.5) is 5.69 Å². The summed E-state index contributed by atoms with van der Waals surface area (Å²) in [7, 11) is 0. The highest BCUT2D eigenvalue weighted by molar-refractivity contribution is 5.52. The Morgan fingerprint density at radius 1 is 1.27 bits per heavy atom. The van der Waals surface area contributed by atoms with Gasteiger partial charge in [0, 0.05) is 12.2 Å². The van der Waals surface area contributed by atoms with Crippen molar-refractivity contribution >= 4 is 5.69 Å². The van der Waals surface area contributed by atoms with Crippen LogP contribution in [0.5, 0.6) is 0 Å². The van der Waals surface area contributed by atoms with Gasteiger partial charge < -0.3 is 10.0 Å². The Kier molecular flexibility index (Phi) is 2.96.